The summed E-state index contributed by atoms with van der Waals surface area (Å²) < 4.78 is 4.49. The van der Waals surface area contributed by atoms with Crippen LogP contribution in [0.1, 0.15) is 5.56 Å². The smallest absolute Gasteiger partial charge is 0.0893 e. The number of rotatable bonds is 8. The van der Waals surface area contributed by atoms with Gasteiger partial charge in [0.15, 0.2) is 0 Å². The van der Waals surface area contributed by atoms with E-state index < -0.39 is 0 Å². The Balaban J connectivity index is 1.16. The molecule has 0 aliphatic heterocycles. The van der Waals surface area contributed by atoms with Crippen molar-refractivity contribution in [3.8, 4) is 11.4 Å². The van der Waals surface area contributed by atoms with Crippen LogP contribution in [0.15, 0.2) is 207 Å². The molecule has 0 radical (unpaired) electrons. The van der Waals surface area contributed by atoms with Crippen LogP contribution >= 0.6 is 11.6 Å². The van der Waals surface area contributed by atoms with Crippen LogP contribution in [0.4, 0.5) is 34.1 Å². The number of para-hydroxylation sites is 3. The van der Waals surface area contributed by atoms with Crippen molar-refractivity contribution in [3.05, 3.63) is 217 Å². The van der Waals surface area contributed by atoms with Crippen LogP contribution in [0, 0.1) is 6.92 Å². The lowest BCUT2D eigenvalue weighted by Gasteiger charge is -2.26. The molecule has 8 aromatic carbocycles. The maximum Gasteiger partial charge on any atom is 0.0893 e. The molecule has 0 atom stereocenters. The predicted molar refractivity (Wildman–Crippen MR) is 237 cm³/mol. The van der Waals surface area contributed by atoms with Gasteiger partial charge in [-0.25, -0.2) is 0 Å². The fraction of sp³-hybridized carbons (Fsp3) is 0.0196. The molecule has 0 unspecified atom stereocenters. The molecule has 5 heteroatoms. The van der Waals surface area contributed by atoms with Crippen LogP contribution < -0.4 is 9.80 Å². The Morgan fingerprint density at radius 2 is 0.893 bits per heavy atom. The van der Waals surface area contributed by atoms with Gasteiger partial charge >= 0.3 is 0 Å². The van der Waals surface area contributed by atoms with E-state index in [0.29, 0.717) is 5.02 Å². The summed E-state index contributed by atoms with van der Waals surface area (Å²) in [7, 11) is 0. The summed E-state index contributed by atoms with van der Waals surface area (Å²) in [5, 5.41) is 5.12. The van der Waals surface area contributed by atoms with E-state index in [4.69, 9.17) is 11.6 Å². The molecule has 0 amide bonds. The SMILES string of the molecule is Cc1cccc(N(c2ccccc2)c2cccc3c2ccn3-c2c(Cl)c(-n3ccc4c(N(c5ccccc5)c5ccccc5)cccc43)cc3ccccc23)c1. The maximum absolute atomic E-state index is 7.71. The van der Waals surface area contributed by atoms with Gasteiger partial charge in [0, 0.05) is 51.3 Å². The minimum atomic E-state index is 0.677. The molecule has 0 bridgehead atoms. The second-order valence-electron chi connectivity index (χ2n) is 14.1. The molecule has 0 aliphatic rings. The highest BCUT2D eigenvalue weighted by molar-refractivity contribution is 6.36. The predicted octanol–water partition coefficient (Wildman–Crippen LogP) is 14.6. The Morgan fingerprint density at radius 1 is 0.411 bits per heavy atom. The highest BCUT2D eigenvalue weighted by atomic mass is 35.5. The van der Waals surface area contributed by atoms with E-state index in [1.54, 1.807) is 0 Å². The minimum Gasteiger partial charge on any atom is -0.315 e. The van der Waals surface area contributed by atoms with Crippen molar-refractivity contribution < 1.29 is 0 Å². The van der Waals surface area contributed by atoms with Gasteiger partial charge in [-0.1, -0.05) is 115 Å². The van der Waals surface area contributed by atoms with Crippen molar-refractivity contribution in [2.24, 2.45) is 0 Å². The van der Waals surface area contributed by atoms with E-state index in [1.807, 2.05) is 0 Å². The normalized spacial score (nSPS) is 11.4. The molecule has 0 fully saturated rings. The molecule has 0 saturated heterocycles. The standard InChI is InChI=1S/C51H37ClN4/c1-36-16-13-24-41(34-36)56(40-22-9-4-10-23-40)48-29-15-27-46-44(48)31-33-54(46)51-42-25-12-11-17-37(42)35-49(50(51)52)53-32-30-43-45(53)26-14-28-47(43)55(38-18-5-2-6-19-38)39-20-7-3-8-21-39/h2-35H,1H3. The van der Waals surface area contributed by atoms with Crippen molar-refractivity contribution in [1.82, 2.24) is 9.13 Å². The van der Waals surface area contributed by atoms with Gasteiger partial charge in [-0.05, 0) is 109 Å². The molecular weight excluding hydrogens is 704 g/mol. The van der Waals surface area contributed by atoms with Crippen molar-refractivity contribution in [2.75, 3.05) is 9.80 Å². The van der Waals surface area contributed by atoms with Gasteiger partial charge in [0.1, 0.15) is 0 Å². The van der Waals surface area contributed by atoms with Gasteiger partial charge in [-0.2, -0.15) is 0 Å². The number of halogens is 1. The highest BCUT2D eigenvalue weighted by Gasteiger charge is 2.22. The van der Waals surface area contributed by atoms with Gasteiger partial charge in [0.05, 0.1) is 38.8 Å². The molecule has 10 rings (SSSR count). The number of anilines is 6. The average Bonchev–Trinajstić information content (AvgIpc) is 3.88. The second-order valence-corrected chi connectivity index (χ2v) is 14.5. The molecular formula is C51H37ClN4. The molecule has 2 aromatic heterocycles. The minimum absolute atomic E-state index is 0.677. The van der Waals surface area contributed by atoms with E-state index in [-0.39, 0.29) is 0 Å². The Labute approximate surface area is 331 Å². The van der Waals surface area contributed by atoms with Crippen LogP contribution in [-0.2, 0) is 0 Å². The van der Waals surface area contributed by atoms with Crippen molar-refractivity contribution in [2.45, 2.75) is 6.92 Å². The summed E-state index contributed by atoms with van der Waals surface area (Å²) in [5.41, 5.74) is 11.8. The lowest BCUT2D eigenvalue weighted by molar-refractivity contribution is 1.10. The number of nitrogens with zero attached hydrogens (tertiary/aromatic N) is 4. The van der Waals surface area contributed by atoms with E-state index in [9.17, 15) is 0 Å². The summed E-state index contributed by atoms with van der Waals surface area (Å²) in [6.45, 7) is 2.14. The van der Waals surface area contributed by atoms with Crippen LogP contribution in [0.25, 0.3) is 44.0 Å². The summed E-state index contributed by atoms with van der Waals surface area (Å²) in [5.74, 6) is 0. The fourth-order valence-corrected chi connectivity index (χ4v) is 8.49. The van der Waals surface area contributed by atoms with Crippen molar-refractivity contribution >= 4 is 78.3 Å². The first kappa shape index (κ1) is 33.6. The van der Waals surface area contributed by atoms with Gasteiger partial charge in [-0.3, -0.25) is 0 Å². The molecule has 0 N–H and O–H groups in total. The van der Waals surface area contributed by atoms with Crippen LogP contribution in [-0.4, -0.2) is 9.13 Å². The third kappa shape index (κ3) is 5.70. The quantitative estimate of drug-likeness (QED) is 0.154. The van der Waals surface area contributed by atoms with Crippen LogP contribution in [0.5, 0.6) is 0 Å². The van der Waals surface area contributed by atoms with Gasteiger partial charge in [0.25, 0.3) is 0 Å². The van der Waals surface area contributed by atoms with Gasteiger partial charge in [-0.15, -0.1) is 0 Å². The molecule has 2 heterocycles. The average molecular weight is 741 g/mol. The van der Waals surface area contributed by atoms with Gasteiger partial charge < -0.3 is 18.9 Å². The Bertz CT molecular complexity index is 2960. The molecule has 4 nitrogen and oxygen atoms in total. The van der Waals surface area contributed by atoms with Crippen LogP contribution in [0.3, 0.4) is 0 Å². The summed E-state index contributed by atoms with van der Waals surface area (Å²) in [4.78, 5) is 4.66. The first-order valence-electron chi connectivity index (χ1n) is 18.9. The topological polar surface area (TPSA) is 16.3 Å². The Morgan fingerprint density at radius 3 is 1.48 bits per heavy atom. The number of aryl methyl sites for hydroxylation is 1. The molecule has 268 valence electrons. The zero-order chi connectivity index (χ0) is 37.6. The lowest BCUT2D eigenvalue weighted by atomic mass is 10.1. The van der Waals surface area contributed by atoms with E-state index in [0.717, 1.165) is 78.1 Å². The van der Waals surface area contributed by atoms with Crippen molar-refractivity contribution in [3.63, 3.8) is 0 Å². The molecule has 0 aliphatic carbocycles. The number of fused-ring (bicyclic) bond motifs is 3. The second kappa shape index (κ2) is 14.0. The maximum atomic E-state index is 7.71. The number of benzene rings is 8. The van der Waals surface area contributed by atoms with E-state index in [1.165, 1.54) is 5.56 Å². The van der Waals surface area contributed by atoms with Crippen LogP contribution in [0.2, 0.25) is 5.02 Å². The Hall–Kier alpha value is -7.01. The third-order valence-corrected chi connectivity index (χ3v) is 11.0. The molecule has 10 aromatic rings. The fourth-order valence-electron chi connectivity index (χ4n) is 8.15. The highest BCUT2D eigenvalue weighted by Crippen LogP contribution is 2.44. The number of hydrogen-bond acceptors (Lipinski definition) is 2. The molecule has 0 saturated carbocycles. The zero-order valence-corrected chi connectivity index (χ0v) is 31.6. The monoisotopic (exact) mass is 740 g/mol. The zero-order valence-electron chi connectivity index (χ0n) is 30.8. The summed E-state index contributed by atoms with van der Waals surface area (Å²) >= 11 is 7.71. The summed E-state index contributed by atoms with van der Waals surface area (Å²) in [6.07, 6.45) is 4.31. The lowest BCUT2D eigenvalue weighted by Crippen LogP contribution is -2.10. The molecule has 0 spiro atoms. The van der Waals surface area contributed by atoms with E-state index >= 15 is 0 Å². The largest absolute Gasteiger partial charge is 0.315 e. The number of aromatic nitrogens is 2. The third-order valence-electron chi connectivity index (χ3n) is 10.6. The van der Waals surface area contributed by atoms with Crippen molar-refractivity contribution in [1.29, 1.82) is 0 Å². The first-order chi connectivity index (χ1) is 27.6. The first-order valence-corrected chi connectivity index (χ1v) is 19.3. The summed E-state index contributed by atoms with van der Waals surface area (Å²) in [6, 6.07) is 68.5. The molecule has 56 heavy (non-hydrogen) atoms. The van der Waals surface area contributed by atoms with Gasteiger partial charge in [0.2, 0.25) is 0 Å². The van der Waals surface area contributed by atoms with E-state index in [2.05, 4.69) is 232 Å². The Kier molecular flexibility index (Phi) is 8.39. The number of hydrogen-bond donors (Lipinski definition) is 0.